The Bertz CT molecular complexity index is 424. The zero-order chi connectivity index (χ0) is 10.7. The predicted octanol–water partition coefficient (Wildman–Crippen LogP) is 3.51. The fraction of sp³-hybridized carbons (Fsp3) is 0.250. The first kappa shape index (κ1) is 10.2. The molecule has 0 aliphatic rings. The molecule has 0 amide bonds. The van der Waals surface area contributed by atoms with Crippen LogP contribution >= 0.6 is 11.6 Å². The van der Waals surface area contributed by atoms with Gasteiger partial charge >= 0.3 is 0 Å². The highest BCUT2D eigenvalue weighted by atomic mass is 35.5. The smallest absolute Gasteiger partial charge is 0.124 e. The minimum atomic E-state index is -0.109. The van der Waals surface area contributed by atoms with Gasteiger partial charge in [0.2, 0.25) is 0 Å². The van der Waals surface area contributed by atoms with E-state index in [2.05, 4.69) is 4.98 Å². The van der Waals surface area contributed by atoms with E-state index in [1.54, 1.807) is 18.7 Å². The van der Waals surface area contributed by atoms with Gasteiger partial charge in [0.1, 0.15) is 5.76 Å². The third kappa shape index (κ3) is 2.39. The molecule has 1 atom stereocenters. The molecule has 78 valence electrons. The van der Waals surface area contributed by atoms with Crippen LogP contribution < -0.4 is 0 Å². The average molecular weight is 222 g/mol. The first-order valence-corrected chi connectivity index (χ1v) is 5.28. The normalized spacial score (nSPS) is 12.7. The van der Waals surface area contributed by atoms with Crippen LogP contribution in [0.2, 0.25) is 0 Å². The average Bonchev–Trinajstić information content (AvgIpc) is 2.66. The Labute approximate surface area is 93.9 Å². The van der Waals surface area contributed by atoms with Crippen molar-refractivity contribution >= 4 is 11.6 Å². The van der Waals surface area contributed by atoms with Crippen molar-refractivity contribution in [1.82, 2.24) is 4.98 Å². The van der Waals surface area contributed by atoms with Crippen LogP contribution in [-0.4, -0.2) is 4.98 Å². The molecule has 3 heteroatoms. The summed E-state index contributed by atoms with van der Waals surface area (Å²) in [6.07, 6.45) is 5.98. The van der Waals surface area contributed by atoms with Crippen molar-refractivity contribution in [2.24, 2.45) is 0 Å². The van der Waals surface area contributed by atoms with Crippen LogP contribution in [0.25, 0.3) is 0 Å². The molecule has 0 saturated heterocycles. The number of pyridine rings is 1. The summed E-state index contributed by atoms with van der Waals surface area (Å²) < 4.78 is 5.35. The molecule has 2 nitrogen and oxygen atoms in total. The Morgan fingerprint density at radius 2 is 2.07 bits per heavy atom. The lowest BCUT2D eigenvalue weighted by molar-refractivity contribution is 0.499. The number of alkyl halides is 1. The summed E-state index contributed by atoms with van der Waals surface area (Å²) in [7, 11) is 0. The van der Waals surface area contributed by atoms with E-state index in [0.29, 0.717) is 0 Å². The van der Waals surface area contributed by atoms with Crippen LogP contribution in [0, 0.1) is 6.92 Å². The Kier molecular flexibility index (Phi) is 3.07. The molecule has 2 heterocycles. The Balaban J connectivity index is 2.11. The number of hydrogen-bond acceptors (Lipinski definition) is 2. The molecular weight excluding hydrogens is 210 g/mol. The molecule has 0 N–H and O–H groups in total. The monoisotopic (exact) mass is 221 g/mol. The molecule has 0 aliphatic carbocycles. The van der Waals surface area contributed by atoms with Crippen molar-refractivity contribution in [2.75, 3.05) is 0 Å². The van der Waals surface area contributed by atoms with E-state index in [4.69, 9.17) is 16.0 Å². The third-order valence-electron chi connectivity index (χ3n) is 2.35. The molecule has 2 rings (SSSR count). The zero-order valence-electron chi connectivity index (χ0n) is 8.48. The van der Waals surface area contributed by atoms with Gasteiger partial charge in [-0.15, -0.1) is 11.6 Å². The standard InChI is InChI=1S/C12H12ClNO/c1-9-4-7-15-12(9)11(13)8-10-2-5-14-6-3-10/h2-7,11H,8H2,1H3. The molecule has 0 saturated carbocycles. The summed E-state index contributed by atoms with van der Waals surface area (Å²) >= 11 is 6.27. The number of halogens is 1. The molecule has 2 aromatic heterocycles. The molecule has 2 aromatic rings. The molecule has 0 aliphatic heterocycles. The van der Waals surface area contributed by atoms with E-state index < -0.39 is 0 Å². The number of rotatable bonds is 3. The first-order chi connectivity index (χ1) is 7.27. The highest BCUT2D eigenvalue weighted by Gasteiger charge is 2.14. The van der Waals surface area contributed by atoms with Crippen molar-refractivity contribution < 1.29 is 4.42 Å². The third-order valence-corrected chi connectivity index (χ3v) is 2.70. The lowest BCUT2D eigenvalue weighted by Gasteiger charge is -2.07. The second kappa shape index (κ2) is 4.49. The molecule has 0 aromatic carbocycles. The predicted molar refractivity (Wildman–Crippen MR) is 60.0 cm³/mol. The van der Waals surface area contributed by atoms with Crippen molar-refractivity contribution in [1.29, 1.82) is 0 Å². The summed E-state index contributed by atoms with van der Waals surface area (Å²) in [4.78, 5) is 3.97. The van der Waals surface area contributed by atoms with E-state index in [1.165, 1.54) is 5.56 Å². The fourth-order valence-electron chi connectivity index (χ4n) is 1.52. The molecule has 15 heavy (non-hydrogen) atoms. The molecule has 0 spiro atoms. The van der Waals surface area contributed by atoms with Gasteiger partial charge in [-0.3, -0.25) is 4.98 Å². The number of nitrogens with zero attached hydrogens (tertiary/aromatic N) is 1. The molecular formula is C12H12ClNO. The van der Waals surface area contributed by atoms with E-state index >= 15 is 0 Å². The van der Waals surface area contributed by atoms with Gasteiger partial charge in [0.15, 0.2) is 0 Å². The van der Waals surface area contributed by atoms with Gasteiger partial charge in [-0.05, 0) is 42.7 Å². The topological polar surface area (TPSA) is 26.0 Å². The zero-order valence-corrected chi connectivity index (χ0v) is 9.24. The maximum atomic E-state index is 6.27. The molecule has 1 unspecified atom stereocenters. The summed E-state index contributed by atoms with van der Waals surface area (Å²) in [5.74, 6) is 0.855. The van der Waals surface area contributed by atoms with Crippen LogP contribution in [0.15, 0.2) is 41.3 Å². The quantitative estimate of drug-likeness (QED) is 0.742. The van der Waals surface area contributed by atoms with Crippen LogP contribution in [-0.2, 0) is 6.42 Å². The van der Waals surface area contributed by atoms with Crippen LogP contribution in [0.4, 0.5) is 0 Å². The summed E-state index contributed by atoms with van der Waals surface area (Å²) in [6, 6.07) is 5.86. The lowest BCUT2D eigenvalue weighted by atomic mass is 10.1. The Hall–Kier alpha value is -1.28. The van der Waals surface area contributed by atoms with Crippen LogP contribution in [0.3, 0.4) is 0 Å². The Morgan fingerprint density at radius 1 is 1.33 bits per heavy atom. The van der Waals surface area contributed by atoms with E-state index in [9.17, 15) is 0 Å². The second-order valence-electron chi connectivity index (χ2n) is 3.49. The number of aryl methyl sites for hydroxylation is 1. The van der Waals surface area contributed by atoms with E-state index in [1.807, 2.05) is 25.1 Å². The van der Waals surface area contributed by atoms with Crippen molar-refractivity contribution in [3.63, 3.8) is 0 Å². The molecule has 0 bridgehead atoms. The van der Waals surface area contributed by atoms with Crippen LogP contribution in [0.1, 0.15) is 22.3 Å². The SMILES string of the molecule is Cc1ccoc1C(Cl)Cc1ccncc1. The maximum Gasteiger partial charge on any atom is 0.124 e. The number of hydrogen-bond donors (Lipinski definition) is 0. The van der Waals surface area contributed by atoms with E-state index in [-0.39, 0.29) is 5.38 Å². The Morgan fingerprint density at radius 3 is 2.67 bits per heavy atom. The van der Waals surface area contributed by atoms with Gasteiger partial charge in [-0.2, -0.15) is 0 Å². The lowest BCUT2D eigenvalue weighted by Crippen LogP contribution is -1.96. The van der Waals surface area contributed by atoms with Gasteiger partial charge in [-0.1, -0.05) is 0 Å². The van der Waals surface area contributed by atoms with Gasteiger partial charge in [0.05, 0.1) is 11.6 Å². The largest absolute Gasteiger partial charge is 0.467 e. The minimum absolute atomic E-state index is 0.109. The number of furan rings is 1. The minimum Gasteiger partial charge on any atom is -0.467 e. The molecule has 0 fully saturated rings. The van der Waals surface area contributed by atoms with Crippen molar-refractivity contribution in [2.45, 2.75) is 18.7 Å². The fourth-order valence-corrected chi connectivity index (χ4v) is 1.93. The number of aromatic nitrogens is 1. The van der Waals surface area contributed by atoms with Gasteiger partial charge in [-0.25, -0.2) is 0 Å². The second-order valence-corrected chi connectivity index (χ2v) is 4.02. The first-order valence-electron chi connectivity index (χ1n) is 4.84. The highest BCUT2D eigenvalue weighted by molar-refractivity contribution is 6.20. The molecule has 0 radical (unpaired) electrons. The summed E-state index contributed by atoms with van der Waals surface area (Å²) in [5, 5.41) is -0.109. The van der Waals surface area contributed by atoms with Gasteiger partial charge < -0.3 is 4.42 Å². The van der Waals surface area contributed by atoms with E-state index in [0.717, 1.165) is 17.7 Å². The van der Waals surface area contributed by atoms with Crippen molar-refractivity contribution in [3.8, 4) is 0 Å². The summed E-state index contributed by atoms with van der Waals surface area (Å²) in [6.45, 7) is 2.00. The van der Waals surface area contributed by atoms with Crippen LogP contribution in [0.5, 0.6) is 0 Å². The van der Waals surface area contributed by atoms with Gasteiger partial charge in [0, 0.05) is 12.4 Å². The maximum absolute atomic E-state index is 6.27. The van der Waals surface area contributed by atoms with Crippen molar-refractivity contribution in [3.05, 3.63) is 53.7 Å². The van der Waals surface area contributed by atoms with Gasteiger partial charge in [0.25, 0.3) is 0 Å². The summed E-state index contributed by atoms with van der Waals surface area (Å²) in [5.41, 5.74) is 2.27. The highest BCUT2D eigenvalue weighted by Crippen LogP contribution is 2.27.